The third-order valence-corrected chi connectivity index (χ3v) is 4.22. The molecule has 3 rings (SSSR count). The van der Waals surface area contributed by atoms with Crippen molar-refractivity contribution in [3.8, 4) is 0 Å². The summed E-state index contributed by atoms with van der Waals surface area (Å²) in [5.41, 5.74) is 2.80. The molecule has 2 N–H and O–H groups in total. The van der Waals surface area contributed by atoms with Gasteiger partial charge in [0.05, 0.1) is 12.1 Å². The van der Waals surface area contributed by atoms with Gasteiger partial charge in [0.25, 0.3) is 0 Å². The smallest absolute Gasteiger partial charge is 0.237 e. The molecule has 0 radical (unpaired) electrons. The van der Waals surface area contributed by atoms with Gasteiger partial charge in [0.15, 0.2) is 0 Å². The number of nitrogens with one attached hydrogen (secondary N) is 2. The van der Waals surface area contributed by atoms with Crippen molar-refractivity contribution in [1.82, 2.24) is 10.6 Å². The van der Waals surface area contributed by atoms with Gasteiger partial charge in [0.2, 0.25) is 5.91 Å². The van der Waals surface area contributed by atoms with Crippen molar-refractivity contribution < 1.29 is 9.53 Å². The lowest BCUT2D eigenvalue weighted by molar-refractivity contribution is -0.123. The maximum absolute atomic E-state index is 12.0. The van der Waals surface area contributed by atoms with E-state index in [2.05, 4.69) is 34.9 Å². The Kier molecular flexibility index (Phi) is 3.53. The van der Waals surface area contributed by atoms with E-state index in [-0.39, 0.29) is 18.1 Å². The fourth-order valence-electron chi connectivity index (χ4n) is 2.97. The van der Waals surface area contributed by atoms with Crippen LogP contribution < -0.4 is 10.6 Å². The highest BCUT2D eigenvalue weighted by molar-refractivity contribution is 5.82. The quantitative estimate of drug-likeness (QED) is 0.842. The van der Waals surface area contributed by atoms with Crippen LogP contribution in [0.4, 0.5) is 0 Å². The van der Waals surface area contributed by atoms with E-state index in [1.165, 1.54) is 11.1 Å². The van der Waals surface area contributed by atoms with Crippen molar-refractivity contribution in [1.29, 1.82) is 0 Å². The van der Waals surface area contributed by atoms with E-state index in [1.807, 2.05) is 0 Å². The third kappa shape index (κ3) is 2.51. The molecule has 19 heavy (non-hydrogen) atoms. The molecule has 0 saturated carbocycles. The van der Waals surface area contributed by atoms with Crippen LogP contribution in [0.1, 0.15) is 23.5 Å². The first-order chi connectivity index (χ1) is 9.28. The Morgan fingerprint density at radius 3 is 3.05 bits per heavy atom. The number of methoxy groups -OCH3 is 1. The Balaban J connectivity index is 1.48. The maximum atomic E-state index is 12.0. The zero-order chi connectivity index (χ0) is 13.2. The van der Waals surface area contributed by atoms with E-state index in [4.69, 9.17) is 4.74 Å². The fourth-order valence-corrected chi connectivity index (χ4v) is 2.97. The summed E-state index contributed by atoms with van der Waals surface area (Å²) in [6.45, 7) is 1.51. The van der Waals surface area contributed by atoms with Crippen molar-refractivity contribution in [3.63, 3.8) is 0 Å². The van der Waals surface area contributed by atoms with Crippen LogP contribution in [0.25, 0.3) is 0 Å². The van der Waals surface area contributed by atoms with E-state index < -0.39 is 0 Å². The Morgan fingerprint density at radius 2 is 2.32 bits per heavy atom. The van der Waals surface area contributed by atoms with E-state index in [9.17, 15) is 4.79 Å². The number of benzene rings is 1. The average Bonchev–Trinajstić information content (AvgIpc) is 2.88. The summed E-state index contributed by atoms with van der Waals surface area (Å²) in [7, 11) is 1.69. The van der Waals surface area contributed by atoms with Gasteiger partial charge in [-0.25, -0.2) is 0 Å². The lowest BCUT2D eigenvalue weighted by Gasteiger charge is -2.30. The van der Waals surface area contributed by atoms with Gasteiger partial charge in [-0.05, 0) is 24.0 Å². The molecule has 0 spiro atoms. The molecule has 3 unspecified atom stereocenters. The number of fused-ring (bicyclic) bond motifs is 1. The largest absolute Gasteiger partial charge is 0.380 e. The summed E-state index contributed by atoms with van der Waals surface area (Å²) in [4.78, 5) is 12.0. The summed E-state index contributed by atoms with van der Waals surface area (Å²) < 4.78 is 5.25. The van der Waals surface area contributed by atoms with Crippen molar-refractivity contribution in [2.24, 2.45) is 0 Å². The molecule has 1 amide bonds. The van der Waals surface area contributed by atoms with Crippen LogP contribution >= 0.6 is 0 Å². The molecule has 2 aliphatic rings. The second kappa shape index (κ2) is 5.31. The molecule has 1 saturated heterocycles. The normalized spacial score (nSPS) is 28.6. The van der Waals surface area contributed by atoms with Gasteiger partial charge >= 0.3 is 0 Å². The second-order valence-electron chi connectivity index (χ2n) is 5.40. The molecule has 1 aromatic carbocycles. The molecule has 1 aliphatic carbocycles. The molecule has 1 heterocycles. The van der Waals surface area contributed by atoms with Crippen LogP contribution in [-0.2, 0) is 16.0 Å². The highest BCUT2D eigenvalue weighted by Gasteiger charge is 2.31. The SMILES string of the molecule is COC1CNC(C(=O)NCC2Cc3ccccc32)C1. The Bertz CT molecular complexity index is 475. The number of amides is 1. The van der Waals surface area contributed by atoms with Crippen molar-refractivity contribution in [3.05, 3.63) is 35.4 Å². The molecule has 0 aromatic heterocycles. The maximum Gasteiger partial charge on any atom is 0.237 e. The molecule has 102 valence electrons. The van der Waals surface area contributed by atoms with Gasteiger partial charge in [-0.1, -0.05) is 24.3 Å². The summed E-state index contributed by atoms with van der Waals surface area (Å²) in [5.74, 6) is 0.587. The summed E-state index contributed by atoms with van der Waals surface area (Å²) >= 11 is 0. The molecule has 0 bridgehead atoms. The monoisotopic (exact) mass is 260 g/mol. The molecule has 3 atom stereocenters. The van der Waals surface area contributed by atoms with Crippen LogP contribution in [0.2, 0.25) is 0 Å². The zero-order valence-electron chi connectivity index (χ0n) is 11.2. The predicted octanol–water partition coefficient (Wildman–Crippen LogP) is 0.819. The first-order valence-electron chi connectivity index (χ1n) is 6.89. The van der Waals surface area contributed by atoms with Crippen LogP contribution in [0.5, 0.6) is 0 Å². The number of carbonyl (C=O) groups excluding carboxylic acids is 1. The molecule has 4 nitrogen and oxygen atoms in total. The zero-order valence-corrected chi connectivity index (χ0v) is 11.2. The van der Waals surface area contributed by atoms with Gasteiger partial charge in [0, 0.05) is 26.1 Å². The summed E-state index contributed by atoms with van der Waals surface area (Å²) in [5, 5.41) is 6.25. The highest BCUT2D eigenvalue weighted by Crippen LogP contribution is 2.33. The minimum Gasteiger partial charge on any atom is -0.380 e. The van der Waals surface area contributed by atoms with Crippen LogP contribution in [0.3, 0.4) is 0 Å². The van der Waals surface area contributed by atoms with Crippen LogP contribution in [0.15, 0.2) is 24.3 Å². The van der Waals surface area contributed by atoms with Gasteiger partial charge in [0.1, 0.15) is 0 Å². The van der Waals surface area contributed by atoms with Gasteiger partial charge < -0.3 is 15.4 Å². The molecule has 1 aliphatic heterocycles. The number of ether oxygens (including phenoxy) is 1. The Hall–Kier alpha value is -1.39. The molecule has 1 aromatic rings. The first-order valence-corrected chi connectivity index (χ1v) is 6.89. The van der Waals surface area contributed by atoms with E-state index in [1.54, 1.807) is 7.11 Å². The highest BCUT2D eigenvalue weighted by atomic mass is 16.5. The van der Waals surface area contributed by atoms with E-state index >= 15 is 0 Å². The molecular formula is C15H20N2O2. The standard InChI is InChI=1S/C15H20N2O2/c1-19-12-7-14(16-9-12)15(18)17-8-11-6-10-4-2-3-5-13(10)11/h2-5,11-12,14,16H,6-9H2,1H3,(H,17,18). The second-order valence-corrected chi connectivity index (χ2v) is 5.40. The predicted molar refractivity (Wildman–Crippen MR) is 73.1 cm³/mol. The van der Waals surface area contributed by atoms with Crippen LogP contribution in [-0.4, -0.2) is 38.3 Å². The lowest BCUT2D eigenvalue weighted by atomic mass is 9.77. The van der Waals surface area contributed by atoms with E-state index in [0.29, 0.717) is 5.92 Å². The Morgan fingerprint density at radius 1 is 1.47 bits per heavy atom. The fraction of sp³-hybridized carbons (Fsp3) is 0.533. The molecule has 4 heteroatoms. The Labute approximate surface area is 113 Å². The average molecular weight is 260 g/mol. The van der Waals surface area contributed by atoms with Crippen LogP contribution in [0, 0.1) is 0 Å². The van der Waals surface area contributed by atoms with Crippen molar-refractivity contribution in [2.75, 3.05) is 20.2 Å². The third-order valence-electron chi connectivity index (χ3n) is 4.22. The van der Waals surface area contributed by atoms with Crippen molar-refractivity contribution in [2.45, 2.75) is 30.9 Å². The number of rotatable bonds is 4. The number of carbonyl (C=O) groups is 1. The molecular weight excluding hydrogens is 240 g/mol. The molecule has 1 fully saturated rings. The van der Waals surface area contributed by atoms with E-state index in [0.717, 1.165) is 25.9 Å². The van der Waals surface area contributed by atoms with Gasteiger partial charge in [-0.3, -0.25) is 4.79 Å². The topological polar surface area (TPSA) is 50.4 Å². The lowest BCUT2D eigenvalue weighted by Crippen LogP contribution is -2.43. The van der Waals surface area contributed by atoms with Gasteiger partial charge in [-0.2, -0.15) is 0 Å². The number of hydrogen-bond acceptors (Lipinski definition) is 3. The number of hydrogen-bond donors (Lipinski definition) is 2. The van der Waals surface area contributed by atoms with Crippen molar-refractivity contribution >= 4 is 5.91 Å². The first kappa shape index (κ1) is 12.6. The minimum absolute atomic E-state index is 0.0970. The summed E-state index contributed by atoms with van der Waals surface area (Å²) in [6, 6.07) is 8.36. The minimum atomic E-state index is -0.0970. The van der Waals surface area contributed by atoms with Gasteiger partial charge in [-0.15, -0.1) is 0 Å². The summed E-state index contributed by atoms with van der Waals surface area (Å²) in [6.07, 6.45) is 2.01.